The number of nitrogens with zero attached hydrogens (tertiary/aromatic N) is 1. The lowest BCUT2D eigenvalue weighted by Crippen LogP contribution is -1.93. The van der Waals surface area contributed by atoms with Crippen LogP contribution in [0.5, 0.6) is 11.5 Å². The van der Waals surface area contributed by atoms with Gasteiger partial charge in [-0.3, -0.25) is 0 Å². The van der Waals surface area contributed by atoms with Crippen LogP contribution < -0.4 is 10.5 Å². The maximum absolute atomic E-state index is 8.83. The Hall–Kier alpha value is -2.51. The van der Waals surface area contributed by atoms with Crippen LogP contribution in [-0.4, -0.2) is 0 Å². The van der Waals surface area contributed by atoms with Gasteiger partial charge in [0.05, 0.1) is 17.3 Å². The lowest BCUT2D eigenvalue weighted by molar-refractivity contribution is 0.486. The van der Waals surface area contributed by atoms with Crippen molar-refractivity contribution in [3.05, 3.63) is 64.6 Å². The second-order valence-corrected chi connectivity index (χ2v) is 5.54. The smallest absolute Gasteiger partial charge is 0.150 e. The fourth-order valence-electron chi connectivity index (χ4n) is 2.10. The molecular formula is C17H11BrN2O. The van der Waals surface area contributed by atoms with Gasteiger partial charge in [0, 0.05) is 4.47 Å². The summed E-state index contributed by atoms with van der Waals surface area (Å²) in [5.74, 6) is 1.26. The number of rotatable bonds is 2. The topological polar surface area (TPSA) is 59.0 Å². The first-order chi connectivity index (χ1) is 10.2. The van der Waals surface area contributed by atoms with E-state index in [1.165, 1.54) is 0 Å². The fourth-order valence-corrected chi connectivity index (χ4v) is 2.47. The zero-order valence-electron chi connectivity index (χ0n) is 11.0. The van der Waals surface area contributed by atoms with Crippen molar-refractivity contribution in [3.63, 3.8) is 0 Å². The van der Waals surface area contributed by atoms with E-state index in [9.17, 15) is 0 Å². The highest BCUT2D eigenvalue weighted by atomic mass is 79.9. The molecule has 0 saturated carbocycles. The summed E-state index contributed by atoms with van der Waals surface area (Å²) < 4.78 is 6.84. The Labute approximate surface area is 130 Å². The van der Waals surface area contributed by atoms with Crippen LogP contribution in [0.4, 0.5) is 5.69 Å². The van der Waals surface area contributed by atoms with E-state index in [1.54, 1.807) is 18.2 Å². The Bertz CT molecular complexity index is 868. The number of hydrogen-bond donors (Lipinski definition) is 1. The number of hydrogen-bond acceptors (Lipinski definition) is 3. The van der Waals surface area contributed by atoms with E-state index in [-0.39, 0.29) is 0 Å². The van der Waals surface area contributed by atoms with E-state index in [1.807, 2.05) is 36.4 Å². The van der Waals surface area contributed by atoms with Crippen molar-refractivity contribution in [1.82, 2.24) is 0 Å². The van der Waals surface area contributed by atoms with Gasteiger partial charge in [-0.15, -0.1) is 0 Å². The zero-order valence-corrected chi connectivity index (χ0v) is 12.6. The summed E-state index contributed by atoms with van der Waals surface area (Å²) in [6, 6.07) is 19.0. The van der Waals surface area contributed by atoms with E-state index in [0.29, 0.717) is 22.7 Å². The molecule has 3 aromatic rings. The van der Waals surface area contributed by atoms with Gasteiger partial charge in [0.1, 0.15) is 11.5 Å². The number of nitrogen functional groups attached to an aromatic ring is 1. The summed E-state index contributed by atoms with van der Waals surface area (Å²) in [7, 11) is 0. The minimum Gasteiger partial charge on any atom is -0.455 e. The Morgan fingerprint density at radius 3 is 2.48 bits per heavy atom. The first-order valence-corrected chi connectivity index (χ1v) is 7.12. The summed E-state index contributed by atoms with van der Waals surface area (Å²) in [5.41, 5.74) is 6.86. The molecule has 4 heteroatoms. The molecule has 0 bridgehead atoms. The number of anilines is 1. The zero-order chi connectivity index (χ0) is 14.8. The predicted molar refractivity (Wildman–Crippen MR) is 87.3 cm³/mol. The van der Waals surface area contributed by atoms with Gasteiger partial charge in [-0.2, -0.15) is 5.26 Å². The number of ether oxygens (including phenoxy) is 1. The summed E-state index contributed by atoms with van der Waals surface area (Å²) >= 11 is 3.45. The van der Waals surface area contributed by atoms with Gasteiger partial charge in [-0.25, -0.2) is 0 Å². The van der Waals surface area contributed by atoms with Gasteiger partial charge in [-0.05, 0) is 53.2 Å². The molecule has 3 nitrogen and oxygen atoms in total. The number of benzene rings is 3. The Morgan fingerprint density at radius 2 is 1.71 bits per heavy atom. The highest BCUT2D eigenvalue weighted by Gasteiger charge is 2.05. The van der Waals surface area contributed by atoms with Crippen molar-refractivity contribution in [2.24, 2.45) is 0 Å². The van der Waals surface area contributed by atoms with Crippen molar-refractivity contribution in [2.45, 2.75) is 0 Å². The number of halogens is 1. The fraction of sp³-hybridized carbons (Fsp3) is 0. The predicted octanol–water partition coefficient (Wildman–Crippen LogP) is 4.85. The van der Waals surface area contributed by atoms with E-state index in [2.05, 4.69) is 22.0 Å². The van der Waals surface area contributed by atoms with Crippen LogP contribution >= 0.6 is 15.9 Å². The van der Waals surface area contributed by atoms with Gasteiger partial charge in [0.15, 0.2) is 0 Å². The minimum absolute atomic E-state index is 0.449. The molecule has 0 saturated heterocycles. The van der Waals surface area contributed by atoms with E-state index < -0.39 is 0 Å². The molecule has 2 N–H and O–H groups in total. The molecule has 0 aliphatic carbocycles. The second kappa shape index (κ2) is 5.47. The molecule has 21 heavy (non-hydrogen) atoms. The molecule has 0 spiro atoms. The third-order valence-electron chi connectivity index (χ3n) is 3.14. The van der Waals surface area contributed by atoms with Crippen LogP contribution in [0.2, 0.25) is 0 Å². The third kappa shape index (κ3) is 2.83. The normalized spacial score (nSPS) is 10.3. The van der Waals surface area contributed by atoms with E-state index in [0.717, 1.165) is 15.2 Å². The van der Waals surface area contributed by atoms with Crippen LogP contribution in [0, 0.1) is 11.3 Å². The maximum atomic E-state index is 8.83. The average molecular weight is 339 g/mol. The molecule has 102 valence electrons. The summed E-state index contributed by atoms with van der Waals surface area (Å²) in [5, 5.41) is 11.0. The molecular weight excluding hydrogens is 328 g/mol. The Balaban J connectivity index is 1.95. The quantitative estimate of drug-likeness (QED) is 0.679. The second-order valence-electron chi connectivity index (χ2n) is 4.62. The molecule has 0 aliphatic rings. The molecule has 3 rings (SSSR count). The standard InChI is InChI=1S/C17H11BrN2O/c18-14-4-2-13-9-15(5-3-12(13)8-14)21-17-6-1-11(10-19)7-16(17)20/h1-9H,20H2. The van der Waals surface area contributed by atoms with Crippen LogP contribution in [0.25, 0.3) is 10.8 Å². The van der Waals surface area contributed by atoms with Crippen molar-refractivity contribution < 1.29 is 4.74 Å². The van der Waals surface area contributed by atoms with Crippen LogP contribution in [-0.2, 0) is 0 Å². The molecule has 0 amide bonds. The van der Waals surface area contributed by atoms with Crippen molar-refractivity contribution in [2.75, 3.05) is 5.73 Å². The molecule has 0 radical (unpaired) electrons. The Kier molecular flexibility index (Phi) is 3.51. The van der Waals surface area contributed by atoms with Crippen LogP contribution in [0.1, 0.15) is 5.56 Å². The lowest BCUT2D eigenvalue weighted by atomic mass is 10.1. The molecule has 0 fully saturated rings. The van der Waals surface area contributed by atoms with Gasteiger partial charge in [-0.1, -0.05) is 28.1 Å². The molecule has 3 aromatic carbocycles. The largest absolute Gasteiger partial charge is 0.455 e. The lowest BCUT2D eigenvalue weighted by Gasteiger charge is -2.09. The molecule has 0 heterocycles. The van der Waals surface area contributed by atoms with Gasteiger partial charge in [0.25, 0.3) is 0 Å². The minimum atomic E-state index is 0.449. The molecule has 0 aromatic heterocycles. The van der Waals surface area contributed by atoms with E-state index >= 15 is 0 Å². The van der Waals surface area contributed by atoms with Crippen molar-refractivity contribution >= 4 is 32.4 Å². The number of fused-ring (bicyclic) bond motifs is 1. The van der Waals surface area contributed by atoms with Crippen molar-refractivity contribution in [1.29, 1.82) is 5.26 Å². The number of nitrogens with two attached hydrogens (primary N) is 1. The molecule has 0 atom stereocenters. The monoisotopic (exact) mass is 338 g/mol. The third-order valence-corrected chi connectivity index (χ3v) is 3.63. The van der Waals surface area contributed by atoms with Crippen molar-refractivity contribution in [3.8, 4) is 17.6 Å². The van der Waals surface area contributed by atoms with E-state index in [4.69, 9.17) is 15.7 Å². The van der Waals surface area contributed by atoms with Crippen LogP contribution in [0.3, 0.4) is 0 Å². The number of nitriles is 1. The summed E-state index contributed by atoms with van der Waals surface area (Å²) in [6.45, 7) is 0. The van der Waals surface area contributed by atoms with Gasteiger partial charge in [0.2, 0.25) is 0 Å². The average Bonchev–Trinajstić information content (AvgIpc) is 2.49. The van der Waals surface area contributed by atoms with Gasteiger partial charge < -0.3 is 10.5 Å². The SMILES string of the molecule is N#Cc1ccc(Oc2ccc3cc(Br)ccc3c2)c(N)c1. The highest BCUT2D eigenvalue weighted by molar-refractivity contribution is 9.10. The Morgan fingerprint density at radius 1 is 0.952 bits per heavy atom. The molecule has 0 unspecified atom stereocenters. The first-order valence-electron chi connectivity index (χ1n) is 6.32. The maximum Gasteiger partial charge on any atom is 0.150 e. The first kappa shape index (κ1) is 13.5. The highest BCUT2D eigenvalue weighted by Crippen LogP contribution is 2.30. The van der Waals surface area contributed by atoms with Crippen LogP contribution in [0.15, 0.2) is 59.1 Å². The van der Waals surface area contributed by atoms with Gasteiger partial charge >= 0.3 is 0 Å². The molecule has 0 aliphatic heterocycles. The summed E-state index contributed by atoms with van der Waals surface area (Å²) in [4.78, 5) is 0. The summed E-state index contributed by atoms with van der Waals surface area (Å²) in [6.07, 6.45) is 0.